The van der Waals surface area contributed by atoms with E-state index in [4.69, 9.17) is 10.5 Å². The summed E-state index contributed by atoms with van der Waals surface area (Å²) in [5.74, 6) is -0.0837. The molecule has 2 rings (SSSR count). The molecule has 0 aromatic heterocycles. The van der Waals surface area contributed by atoms with Crippen molar-refractivity contribution in [3.05, 3.63) is 29.1 Å². The number of amides is 1. The number of halogens is 1. The van der Waals surface area contributed by atoms with Crippen molar-refractivity contribution in [2.24, 2.45) is 5.92 Å². The monoisotopic (exact) mass is 294 g/mol. The number of hydrogen-bond donors (Lipinski definition) is 1. The summed E-state index contributed by atoms with van der Waals surface area (Å²) in [6.45, 7) is 4.61. The van der Waals surface area contributed by atoms with Crippen LogP contribution in [0.1, 0.15) is 35.7 Å². The van der Waals surface area contributed by atoms with Gasteiger partial charge in [0.05, 0.1) is 6.61 Å². The zero-order valence-corrected chi connectivity index (χ0v) is 12.9. The van der Waals surface area contributed by atoms with Gasteiger partial charge in [-0.25, -0.2) is 4.39 Å². The van der Waals surface area contributed by atoms with Crippen LogP contribution in [0, 0.1) is 18.7 Å². The van der Waals surface area contributed by atoms with Gasteiger partial charge in [0, 0.05) is 36.5 Å². The average Bonchev–Trinajstić information content (AvgIpc) is 3.28. The van der Waals surface area contributed by atoms with Crippen LogP contribution in [0.3, 0.4) is 0 Å². The van der Waals surface area contributed by atoms with Gasteiger partial charge in [-0.15, -0.1) is 0 Å². The highest BCUT2D eigenvalue weighted by Crippen LogP contribution is 2.35. The maximum atomic E-state index is 13.8. The first-order valence-corrected chi connectivity index (χ1v) is 7.31. The normalized spacial score (nSPS) is 15.8. The molecular formula is C16H23FN2O2. The van der Waals surface area contributed by atoms with Crippen molar-refractivity contribution in [1.29, 1.82) is 0 Å². The van der Waals surface area contributed by atoms with Gasteiger partial charge in [0.2, 0.25) is 0 Å². The number of anilines is 1. The predicted octanol–water partition coefficient (Wildman–Crippen LogP) is 2.60. The van der Waals surface area contributed by atoms with Gasteiger partial charge in [-0.1, -0.05) is 0 Å². The van der Waals surface area contributed by atoms with Gasteiger partial charge in [0.15, 0.2) is 0 Å². The molecule has 1 atom stereocenters. The topological polar surface area (TPSA) is 55.6 Å². The maximum Gasteiger partial charge on any atom is 0.254 e. The second-order valence-corrected chi connectivity index (χ2v) is 5.74. The Morgan fingerprint density at radius 3 is 2.71 bits per heavy atom. The van der Waals surface area contributed by atoms with Crippen LogP contribution in [0.15, 0.2) is 12.1 Å². The van der Waals surface area contributed by atoms with Crippen molar-refractivity contribution >= 4 is 11.6 Å². The fraction of sp³-hybridized carbons (Fsp3) is 0.562. The molecule has 0 aliphatic heterocycles. The van der Waals surface area contributed by atoms with Crippen LogP contribution in [-0.2, 0) is 4.74 Å². The van der Waals surface area contributed by atoms with Gasteiger partial charge in [0.1, 0.15) is 5.82 Å². The second kappa shape index (κ2) is 6.43. The van der Waals surface area contributed by atoms with E-state index in [2.05, 4.69) is 0 Å². The highest BCUT2D eigenvalue weighted by atomic mass is 19.1. The molecule has 5 heteroatoms. The van der Waals surface area contributed by atoms with E-state index in [0.717, 1.165) is 12.8 Å². The van der Waals surface area contributed by atoms with Gasteiger partial charge in [-0.2, -0.15) is 0 Å². The Bertz CT molecular complexity index is 506. The molecule has 21 heavy (non-hydrogen) atoms. The lowest BCUT2D eigenvalue weighted by Crippen LogP contribution is -2.42. The number of hydrogen-bond acceptors (Lipinski definition) is 3. The third kappa shape index (κ3) is 3.53. The molecule has 0 saturated heterocycles. The van der Waals surface area contributed by atoms with Gasteiger partial charge < -0.3 is 15.4 Å². The summed E-state index contributed by atoms with van der Waals surface area (Å²) in [5, 5.41) is 0. The lowest BCUT2D eigenvalue weighted by Gasteiger charge is -2.29. The van der Waals surface area contributed by atoms with Crippen LogP contribution in [0.25, 0.3) is 0 Å². The number of carbonyl (C=O) groups is 1. The number of carbonyl (C=O) groups excluding carboxylic acids is 1. The number of ether oxygens (including phenoxy) is 1. The molecule has 1 unspecified atom stereocenters. The van der Waals surface area contributed by atoms with Crippen LogP contribution in [0.2, 0.25) is 0 Å². The van der Waals surface area contributed by atoms with E-state index >= 15 is 0 Å². The Morgan fingerprint density at radius 1 is 1.52 bits per heavy atom. The maximum absolute atomic E-state index is 13.8. The molecule has 4 nitrogen and oxygen atoms in total. The second-order valence-electron chi connectivity index (χ2n) is 5.74. The van der Waals surface area contributed by atoms with Crippen LogP contribution in [0.4, 0.5) is 10.1 Å². The standard InChI is InChI=1S/C16H23FN2O2/c1-10-14(17)8-13(9-15(10)18)16(20)19(6-7-21-3)11(2)12-4-5-12/h8-9,11-12H,4-7,18H2,1-3H3. The smallest absolute Gasteiger partial charge is 0.254 e. The van der Waals surface area contributed by atoms with Gasteiger partial charge in [0.25, 0.3) is 5.91 Å². The Morgan fingerprint density at radius 2 is 2.19 bits per heavy atom. The van der Waals surface area contributed by atoms with Gasteiger partial charge in [-0.05, 0) is 44.7 Å². The van der Waals surface area contributed by atoms with E-state index in [0.29, 0.717) is 35.9 Å². The minimum Gasteiger partial charge on any atom is -0.398 e. The summed E-state index contributed by atoms with van der Waals surface area (Å²) in [6.07, 6.45) is 2.28. The number of rotatable bonds is 6. The number of benzene rings is 1. The molecule has 1 aromatic rings. The predicted molar refractivity (Wildman–Crippen MR) is 80.6 cm³/mol. The lowest BCUT2D eigenvalue weighted by atomic mass is 10.1. The third-order valence-corrected chi connectivity index (χ3v) is 4.22. The summed E-state index contributed by atoms with van der Waals surface area (Å²) < 4.78 is 18.9. The van der Waals surface area contributed by atoms with Crippen LogP contribution >= 0.6 is 0 Å². The molecule has 1 fully saturated rings. The molecule has 116 valence electrons. The van der Waals surface area contributed by atoms with Crippen molar-refractivity contribution in [2.75, 3.05) is 26.0 Å². The van der Waals surface area contributed by atoms with Crippen molar-refractivity contribution in [3.8, 4) is 0 Å². The number of nitrogens with two attached hydrogens (primary N) is 1. The van der Waals surface area contributed by atoms with Crippen LogP contribution in [-0.4, -0.2) is 37.1 Å². The summed E-state index contributed by atoms with van der Waals surface area (Å²) >= 11 is 0. The van der Waals surface area contributed by atoms with Crippen LogP contribution in [0.5, 0.6) is 0 Å². The molecule has 1 aromatic carbocycles. The van der Waals surface area contributed by atoms with E-state index in [1.54, 1.807) is 25.0 Å². The molecule has 1 aliphatic rings. The highest BCUT2D eigenvalue weighted by molar-refractivity contribution is 5.95. The molecular weight excluding hydrogens is 271 g/mol. The summed E-state index contributed by atoms with van der Waals surface area (Å²) in [7, 11) is 1.61. The van der Waals surface area contributed by atoms with E-state index in [1.807, 2.05) is 6.92 Å². The molecule has 0 radical (unpaired) electrons. The van der Waals surface area contributed by atoms with Gasteiger partial charge >= 0.3 is 0 Å². The Labute approximate surface area is 125 Å². The van der Waals surface area contributed by atoms with E-state index in [1.165, 1.54) is 6.07 Å². The van der Waals surface area contributed by atoms with Crippen molar-refractivity contribution < 1.29 is 13.9 Å². The number of nitrogen functional groups attached to an aromatic ring is 1. The SMILES string of the molecule is COCCN(C(=O)c1cc(N)c(C)c(F)c1)C(C)C1CC1. The fourth-order valence-electron chi connectivity index (χ4n) is 2.50. The molecule has 0 heterocycles. The molecule has 1 amide bonds. The van der Waals surface area contributed by atoms with Crippen molar-refractivity contribution in [1.82, 2.24) is 4.90 Å². The Hall–Kier alpha value is -1.62. The Balaban J connectivity index is 2.24. The molecule has 0 bridgehead atoms. The highest BCUT2D eigenvalue weighted by Gasteiger charge is 2.34. The van der Waals surface area contributed by atoms with Crippen molar-refractivity contribution in [2.45, 2.75) is 32.7 Å². The van der Waals surface area contributed by atoms with E-state index in [9.17, 15) is 9.18 Å². The number of nitrogens with zero attached hydrogens (tertiary/aromatic N) is 1. The fourth-order valence-corrected chi connectivity index (χ4v) is 2.50. The zero-order chi connectivity index (χ0) is 15.6. The van der Waals surface area contributed by atoms with E-state index in [-0.39, 0.29) is 11.9 Å². The Kier molecular flexibility index (Phi) is 4.83. The average molecular weight is 294 g/mol. The first kappa shape index (κ1) is 15.8. The molecule has 1 saturated carbocycles. The first-order chi connectivity index (χ1) is 9.95. The number of methoxy groups -OCH3 is 1. The minimum absolute atomic E-state index is 0.137. The zero-order valence-electron chi connectivity index (χ0n) is 12.9. The minimum atomic E-state index is -0.441. The summed E-state index contributed by atoms with van der Waals surface area (Å²) in [5.41, 5.74) is 6.77. The quantitative estimate of drug-likeness (QED) is 0.821. The van der Waals surface area contributed by atoms with E-state index < -0.39 is 5.82 Å². The largest absolute Gasteiger partial charge is 0.398 e. The first-order valence-electron chi connectivity index (χ1n) is 7.31. The van der Waals surface area contributed by atoms with Gasteiger partial charge in [-0.3, -0.25) is 4.79 Å². The molecule has 0 spiro atoms. The summed E-state index contributed by atoms with van der Waals surface area (Å²) in [6, 6.07) is 2.96. The molecule has 2 N–H and O–H groups in total. The van der Waals surface area contributed by atoms with Crippen molar-refractivity contribution in [3.63, 3.8) is 0 Å². The summed E-state index contributed by atoms with van der Waals surface area (Å²) in [4.78, 5) is 14.5. The third-order valence-electron chi connectivity index (χ3n) is 4.22. The lowest BCUT2D eigenvalue weighted by molar-refractivity contribution is 0.0594. The van der Waals surface area contributed by atoms with Crippen LogP contribution < -0.4 is 5.73 Å². The molecule has 1 aliphatic carbocycles.